The number of aromatic nitrogens is 3. The van der Waals surface area contributed by atoms with Gasteiger partial charge in [0.25, 0.3) is 0 Å². The highest BCUT2D eigenvalue weighted by molar-refractivity contribution is 5.93. The summed E-state index contributed by atoms with van der Waals surface area (Å²) in [4.78, 5) is 17.6. The van der Waals surface area contributed by atoms with E-state index in [4.69, 9.17) is 9.47 Å². The van der Waals surface area contributed by atoms with Crippen molar-refractivity contribution in [3.63, 3.8) is 0 Å². The minimum absolute atomic E-state index is 0.166. The lowest BCUT2D eigenvalue weighted by molar-refractivity contribution is -0.0140. The van der Waals surface area contributed by atoms with Gasteiger partial charge in [0.1, 0.15) is 11.8 Å². The van der Waals surface area contributed by atoms with Crippen molar-refractivity contribution in [2.45, 2.75) is 52.1 Å². The van der Waals surface area contributed by atoms with Crippen LogP contribution in [0.3, 0.4) is 0 Å². The Balaban J connectivity index is 1.37. The fraction of sp³-hybridized carbons (Fsp3) is 0.500. The minimum atomic E-state index is -0.356. The molecule has 2 N–H and O–H groups in total. The molecule has 0 radical (unpaired) electrons. The number of fused-ring (bicyclic) bond motifs is 2. The van der Waals surface area contributed by atoms with Gasteiger partial charge >= 0.3 is 6.09 Å². The van der Waals surface area contributed by atoms with Gasteiger partial charge in [-0.1, -0.05) is 19.9 Å². The van der Waals surface area contributed by atoms with Crippen molar-refractivity contribution in [1.29, 1.82) is 0 Å². The number of aromatic amines is 2. The average Bonchev–Trinajstić information content (AvgIpc) is 3.35. The van der Waals surface area contributed by atoms with Crippen LogP contribution in [0.1, 0.15) is 44.4 Å². The molecule has 1 atom stereocenters. The van der Waals surface area contributed by atoms with E-state index >= 15 is 0 Å². The quantitative estimate of drug-likeness (QED) is 0.634. The van der Waals surface area contributed by atoms with Crippen molar-refractivity contribution in [2.24, 2.45) is 5.41 Å². The zero-order valence-electron chi connectivity index (χ0n) is 18.5. The second-order valence-corrected chi connectivity index (χ2v) is 9.61. The fourth-order valence-electron chi connectivity index (χ4n) is 4.65. The number of hydrogen-bond acceptors (Lipinski definition) is 4. The second kappa shape index (κ2) is 7.71. The van der Waals surface area contributed by atoms with E-state index in [0.717, 1.165) is 66.7 Å². The van der Waals surface area contributed by atoms with Gasteiger partial charge < -0.3 is 14.5 Å². The van der Waals surface area contributed by atoms with Crippen LogP contribution < -0.4 is 4.90 Å². The summed E-state index contributed by atoms with van der Waals surface area (Å²) in [6, 6.07) is 8.09. The molecule has 0 spiro atoms. The molecule has 1 fully saturated rings. The minimum Gasteiger partial charge on any atom is -0.443 e. The molecule has 1 aliphatic heterocycles. The number of amides is 1. The third-order valence-corrected chi connectivity index (χ3v) is 6.57. The van der Waals surface area contributed by atoms with Gasteiger partial charge in [-0.25, -0.2) is 4.79 Å². The fourth-order valence-corrected chi connectivity index (χ4v) is 4.65. The molecule has 31 heavy (non-hydrogen) atoms. The van der Waals surface area contributed by atoms with Crippen molar-refractivity contribution in [2.75, 3.05) is 25.2 Å². The average molecular weight is 423 g/mol. The molecular weight excluding hydrogens is 392 g/mol. The van der Waals surface area contributed by atoms with Crippen LogP contribution >= 0.6 is 0 Å². The van der Waals surface area contributed by atoms with Crippen LogP contribution in [0.4, 0.5) is 10.5 Å². The molecular formula is C24H30N4O3. The second-order valence-electron chi connectivity index (χ2n) is 9.61. The maximum Gasteiger partial charge on any atom is 0.414 e. The molecule has 0 saturated carbocycles. The normalized spacial score (nSPS) is 20.4. The van der Waals surface area contributed by atoms with E-state index in [2.05, 4.69) is 35.1 Å². The Morgan fingerprint density at radius 2 is 2.19 bits per heavy atom. The standard InChI is InChI=1S/C24H30N4O3/c1-24(2)9-8-18-21(13-24)26-27-22(18)20-11-15-6-7-16(12-19(15)25-20)28(3)23(29)31-17-5-4-10-30-14-17/h6-7,11-12,17,25H,4-5,8-10,13-14H2,1-3H3,(H,26,27). The first kappa shape index (κ1) is 20.1. The van der Waals surface area contributed by atoms with Gasteiger partial charge in [0.2, 0.25) is 0 Å². The summed E-state index contributed by atoms with van der Waals surface area (Å²) in [5.74, 6) is 0. The highest BCUT2D eigenvalue weighted by Gasteiger charge is 2.29. The maximum absolute atomic E-state index is 12.6. The highest BCUT2D eigenvalue weighted by Crippen LogP contribution is 2.38. The lowest BCUT2D eigenvalue weighted by Gasteiger charge is -2.28. The first-order valence-corrected chi connectivity index (χ1v) is 11.1. The molecule has 0 bridgehead atoms. The Kier molecular flexibility index (Phi) is 5.01. The van der Waals surface area contributed by atoms with E-state index in [9.17, 15) is 4.79 Å². The predicted molar refractivity (Wildman–Crippen MR) is 120 cm³/mol. The Morgan fingerprint density at radius 1 is 1.32 bits per heavy atom. The number of nitrogens with one attached hydrogen (secondary N) is 2. The molecule has 164 valence electrons. The molecule has 3 aromatic rings. The molecule has 1 saturated heterocycles. The van der Waals surface area contributed by atoms with Crippen molar-refractivity contribution >= 4 is 22.7 Å². The van der Waals surface area contributed by atoms with Crippen LogP contribution in [0.5, 0.6) is 0 Å². The molecule has 1 unspecified atom stereocenters. The Morgan fingerprint density at radius 3 is 3.00 bits per heavy atom. The maximum atomic E-state index is 12.6. The summed E-state index contributed by atoms with van der Waals surface area (Å²) in [5, 5.41) is 8.98. The Labute approximate surface area is 182 Å². The summed E-state index contributed by atoms with van der Waals surface area (Å²) in [6.45, 7) is 5.84. The number of H-pyrrole nitrogens is 2. The van der Waals surface area contributed by atoms with Crippen LogP contribution in [-0.2, 0) is 22.3 Å². The Bertz CT molecular complexity index is 1110. The highest BCUT2D eigenvalue weighted by atomic mass is 16.6. The number of anilines is 1. The molecule has 7 heteroatoms. The summed E-state index contributed by atoms with van der Waals surface area (Å²) in [5.41, 5.74) is 6.66. The van der Waals surface area contributed by atoms with E-state index in [0.29, 0.717) is 12.0 Å². The number of carbonyl (C=O) groups is 1. The van der Waals surface area contributed by atoms with Crippen LogP contribution in [0.25, 0.3) is 22.3 Å². The molecule has 3 heterocycles. The Hall–Kier alpha value is -2.80. The van der Waals surface area contributed by atoms with Crippen LogP contribution in [0, 0.1) is 5.41 Å². The van der Waals surface area contributed by atoms with Crippen LogP contribution in [0.2, 0.25) is 0 Å². The number of rotatable bonds is 3. The first-order valence-electron chi connectivity index (χ1n) is 11.1. The SMILES string of the molecule is CN(C(=O)OC1CCCOC1)c1ccc2cc(-c3n[nH]c4c3CCC(C)(C)C4)[nH]c2c1. The van der Waals surface area contributed by atoms with Crippen molar-refractivity contribution in [3.05, 3.63) is 35.5 Å². The van der Waals surface area contributed by atoms with E-state index < -0.39 is 0 Å². The molecule has 7 nitrogen and oxygen atoms in total. The monoisotopic (exact) mass is 422 g/mol. The summed E-state index contributed by atoms with van der Waals surface area (Å²) in [6.07, 6.45) is 4.48. The van der Waals surface area contributed by atoms with Crippen molar-refractivity contribution in [3.8, 4) is 11.4 Å². The van der Waals surface area contributed by atoms with Gasteiger partial charge in [0.15, 0.2) is 0 Å². The number of benzene rings is 1. The first-order chi connectivity index (χ1) is 14.9. The molecule has 5 rings (SSSR count). The number of hydrogen-bond donors (Lipinski definition) is 2. The van der Waals surface area contributed by atoms with Gasteiger partial charge in [-0.15, -0.1) is 0 Å². The van der Waals surface area contributed by atoms with Gasteiger partial charge in [-0.05, 0) is 55.7 Å². The van der Waals surface area contributed by atoms with Crippen LogP contribution in [0.15, 0.2) is 24.3 Å². The zero-order valence-corrected chi connectivity index (χ0v) is 18.5. The molecule has 1 amide bonds. The molecule has 2 aromatic heterocycles. The van der Waals surface area contributed by atoms with E-state index in [1.807, 2.05) is 18.2 Å². The molecule has 1 aliphatic carbocycles. The number of carbonyl (C=O) groups excluding carboxylic acids is 1. The summed E-state index contributed by atoms with van der Waals surface area (Å²) in [7, 11) is 1.74. The van der Waals surface area contributed by atoms with Gasteiger partial charge in [-0.3, -0.25) is 10.00 Å². The lowest BCUT2D eigenvalue weighted by Crippen LogP contribution is -2.34. The van der Waals surface area contributed by atoms with Gasteiger partial charge in [0, 0.05) is 41.5 Å². The van der Waals surface area contributed by atoms with Gasteiger partial charge in [0.05, 0.1) is 12.3 Å². The van der Waals surface area contributed by atoms with E-state index in [1.165, 1.54) is 11.3 Å². The lowest BCUT2D eigenvalue weighted by atomic mass is 9.76. The third-order valence-electron chi connectivity index (χ3n) is 6.57. The van der Waals surface area contributed by atoms with Crippen molar-refractivity contribution < 1.29 is 14.3 Å². The summed E-state index contributed by atoms with van der Waals surface area (Å²) < 4.78 is 11.0. The third kappa shape index (κ3) is 3.94. The number of ether oxygens (including phenoxy) is 2. The van der Waals surface area contributed by atoms with Crippen molar-refractivity contribution in [1.82, 2.24) is 15.2 Å². The summed E-state index contributed by atoms with van der Waals surface area (Å²) >= 11 is 0. The van der Waals surface area contributed by atoms with Gasteiger partial charge in [-0.2, -0.15) is 5.10 Å². The smallest absolute Gasteiger partial charge is 0.414 e. The number of nitrogens with zero attached hydrogens (tertiary/aromatic N) is 2. The van der Waals surface area contributed by atoms with E-state index in [1.54, 1.807) is 11.9 Å². The molecule has 1 aromatic carbocycles. The van der Waals surface area contributed by atoms with E-state index in [-0.39, 0.29) is 12.2 Å². The zero-order chi connectivity index (χ0) is 21.6. The predicted octanol–water partition coefficient (Wildman–Crippen LogP) is 4.82. The molecule has 2 aliphatic rings. The largest absolute Gasteiger partial charge is 0.443 e. The van der Waals surface area contributed by atoms with Crippen LogP contribution in [-0.4, -0.2) is 47.6 Å². The topological polar surface area (TPSA) is 83.2 Å².